The Bertz CT molecular complexity index is 615. The molecule has 1 aliphatic rings. The quantitative estimate of drug-likeness (QED) is 0.724. The number of carbonyl (C=O) groups is 1. The van der Waals surface area contributed by atoms with Crippen LogP contribution in [0.15, 0.2) is 17.2 Å². The van der Waals surface area contributed by atoms with Crippen molar-refractivity contribution in [2.75, 3.05) is 19.6 Å². The molecule has 0 aliphatic carbocycles. The van der Waals surface area contributed by atoms with Crippen LogP contribution in [0.4, 0.5) is 0 Å². The van der Waals surface area contributed by atoms with E-state index in [0.29, 0.717) is 5.69 Å². The van der Waals surface area contributed by atoms with Gasteiger partial charge in [0.15, 0.2) is 0 Å². The fourth-order valence-corrected chi connectivity index (χ4v) is 3.62. The third kappa shape index (κ3) is 3.63. The summed E-state index contributed by atoms with van der Waals surface area (Å²) < 4.78 is 27.0. The zero-order valence-corrected chi connectivity index (χ0v) is 13.2. The molecule has 2 rings (SSSR count). The summed E-state index contributed by atoms with van der Waals surface area (Å²) in [6, 6.07) is 1.37. The molecular weight excluding hydrogens is 292 g/mol. The fourth-order valence-electron chi connectivity index (χ4n) is 2.21. The topological polar surface area (TPSA) is 108 Å². The first-order chi connectivity index (χ1) is 9.75. The van der Waals surface area contributed by atoms with E-state index in [9.17, 15) is 13.2 Å². The van der Waals surface area contributed by atoms with Gasteiger partial charge in [0.25, 0.3) is 5.91 Å². The van der Waals surface area contributed by atoms with Crippen molar-refractivity contribution in [1.29, 1.82) is 0 Å². The smallest absolute Gasteiger partial charge is 0.270 e. The molecule has 0 aromatic carbocycles. The zero-order valence-electron chi connectivity index (χ0n) is 12.3. The second kappa shape index (κ2) is 5.78. The van der Waals surface area contributed by atoms with Crippen molar-refractivity contribution in [1.82, 2.24) is 14.6 Å². The van der Waals surface area contributed by atoms with Gasteiger partial charge in [0.1, 0.15) is 10.6 Å². The van der Waals surface area contributed by atoms with Crippen molar-refractivity contribution in [3.05, 3.63) is 18.0 Å². The molecule has 2 heterocycles. The van der Waals surface area contributed by atoms with Crippen molar-refractivity contribution in [2.24, 2.45) is 5.73 Å². The van der Waals surface area contributed by atoms with Gasteiger partial charge in [0, 0.05) is 31.4 Å². The third-order valence-corrected chi connectivity index (χ3v) is 5.19. The Labute approximate surface area is 124 Å². The van der Waals surface area contributed by atoms with Crippen LogP contribution in [-0.2, 0) is 10.0 Å². The molecule has 0 atom stereocenters. The van der Waals surface area contributed by atoms with E-state index < -0.39 is 15.6 Å². The third-order valence-electron chi connectivity index (χ3n) is 3.51. The van der Waals surface area contributed by atoms with Gasteiger partial charge in [-0.2, -0.15) is 0 Å². The van der Waals surface area contributed by atoms with Gasteiger partial charge in [-0.05, 0) is 32.8 Å². The van der Waals surface area contributed by atoms with E-state index in [1.165, 1.54) is 12.3 Å². The highest BCUT2D eigenvalue weighted by molar-refractivity contribution is 7.89. The lowest BCUT2D eigenvalue weighted by Gasteiger charge is -2.23. The first kappa shape index (κ1) is 16.0. The molecule has 1 aliphatic heterocycles. The second-order valence-electron chi connectivity index (χ2n) is 5.94. The van der Waals surface area contributed by atoms with Gasteiger partial charge >= 0.3 is 0 Å². The predicted octanol–water partition coefficient (Wildman–Crippen LogP) is 0.266. The van der Waals surface area contributed by atoms with Crippen LogP contribution in [0.1, 0.15) is 37.2 Å². The molecule has 0 spiro atoms. The van der Waals surface area contributed by atoms with Crippen molar-refractivity contribution in [3.8, 4) is 0 Å². The molecule has 1 amide bonds. The maximum atomic E-state index is 12.3. The standard InChI is InChI=1S/C13H22N4O3S/c1-13(2,9-14)16-21(19,20)10-7-11(15-8-10)12(18)17-5-3-4-6-17/h7-8,15-16H,3-6,9,14H2,1-2H3. The van der Waals surface area contributed by atoms with Gasteiger partial charge in [-0.25, -0.2) is 13.1 Å². The van der Waals surface area contributed by atoms with E-state index in [1.807, 2.05) is 0 Å². The molecule has 0 saturated carbocycles. The monoisotopic (exact) mass is 314 g/mol. The molecule has 0 bridgehead atoms. The Morgan fingerprint density at radius 1 is 1.43 bits per heavy atom. The van der Waals surface area contributed by atoms with Crippen molar-refractivity contribution in [2.45, 2.75) is 37.1 Å². The van der Waals surface area contributed by atoms with Crippen LogP contribution in [0, 0.1) is 0 Å². The first-order valence-electron chi connectivity index (χ1n) is 6.97. The Balaban J connectivity index is 2.17. The van der Waals surface area contributed by atoms with Gasteiger partial charge < -0.3 is 15.6 Å². The lowest BCUT2D eigenvalue weighted by Crippen LogP contribution is -2.48. The summed E-state index contributed by atoms with van der Waals surface area (Å²) in [5.41, 5.74) is 5.09. The van der Waals surface area contributed by atoms with Crippen molar-refractivity contribution < 1.29 is 13.2 Å². The fraction of sp³-hybridized carbons (Fsp3) is 0.615. The summed E-state index contributed by atoms with van der Waals surface area (Å²) in [6.45, 7) is 5.02. The largest absolute Gasteiger partial charge is 0.356 e. The number of aromatic amines is 1. The van der Waals surface area contributed by atoms with Crippen LogP contribution in [0.5, 0.6) is 0 Å². The number of nitrogens with one attached hydrogen (secondary N) is 2. The molecule has 1 aromatic heterocycles. The predicted molar refractivity (Wildman–Crippen MR) is 79.4 cm³/mol. The maximum absolute atomic E-state index is 12.3. The number of nitrogens with zero attached hydrogens (tertiary/aromatic N) is 1. The minimum absolute atomic E-state index is 0.0478. The minimum atomic E-state index is -3.70. The number of likely N-dealkylation sites (tertiary alicyclic amines) is 1. The molecular formula is C13H22N4O3S. The molecule has 21 heavy (non-hydrogen) atoms. The number of amides is 1. The number of nitrogens with two attached hydrogens (primary N) is 1. The van der Waals surface area contributed by atoms with Crippen LogP contribution in [0.3, 0.4) is 0 Å². The Morgan fingerprint density at radius 2 is 2.05 bits per heavy atom. The molecule has 8 heteroatoms. The summed E-state index contributed by atoms with van der Waals surface area (Å²) in [7, 11) is -3.70. The van der Waals surface area contributed by atoms with E-state index >= 15 is 0 Å². The van der Waals surface area contributed by atoms with Gasteiger partial charge in [0.2, 0.25) is 10.0 Å². The van der Waals surface area contributed by atoms with E-state index in [1.54, 1.807) is 18.7 Å². The SMILES string of the molecule is CC(C)(CN)NS(=O)(=O)c1c[nH]c(C(=O)N2CCCC2)c1. The second-order valence-corrected chi connectivity index (χ2v) is 7.62. The van der Waals surface area contributed by atoms with Crippen LogP contribution in [0.25, 0.3) is 0 Å². The number of hydrogen-bond acceptors (Lipinski definition) is 4. The van der Waals surface area contributed by atoms with Crippen LogP contribution < -0.4 is 10.5 Å². The Hall–Kier alpha value is -1.38. The molecule has 4 N–H and O–H groups in total. The van der Waals surface area contributed by atoms with Crippen LogP contribution in [0.2, 0.25) is 0 Å². The number of rotatable bonds is 5. The summed E-state index contributed by atoms with van der Waals surface area (Å²) in [5, 5.41) is 0. The molecule has 0 unspecified atom stereocenters. The number of aromatic nitrogens is 1. The van der Waals surface area contributed by atoms with Crippen LogP contribution >= 0.6 is 0 Å². The summed E-state index contributed by atoms with van der Waals surface area (Å²) in [5.74, 6) is -0.160. The number of carbonyl (C=O) groups excluding carboxylic acids is 1. The maximum Gasteiger partial charge on any atom is 0.270 e. The summed E-state index contributed by atoms with van der Waals surface area (Å²) in [6.07, 6.45) is 3.31. The Morgan fingerprint density at radius 3 is 2.62 bits per heavy atom. The molecule has 1 fully saturated rings. The van der Waals surface area contributed by atoms with Gasteiger partial charge in [0.05, 0.1) is 0 Å². The Kier molecular flexibility index (Phi) is 4.40. The first-order valence-corrected chi connectivity index (χ1v) is 8.45. The average Bonchev–Trinajstić information content (AvgIpc) is 3.08. The number of H-pyrrole nitrogens is 1. The lowest BCUT2D eigenvalue weighted by molar-refractivity contribution is 0.0787. The van der Waals surface area contributed by atoms with Gasteiger partial charge in [-0.1, -0.05) is 0 Å². The molecule has 1 aromatic rings. The molecule has 1 saturated heterocycles. The lowest BCUT2D eigenvalue weighted by atomic mass is 10.1. The summed E-state index contributed by atoms with van der Waals surface area (Å²) in [4.78, 5) is 16.7. The number of hydrogen-bond donors (Lipinski definition) is 3. The average molecular weight is 314 g/mol. The van der Waals surface area contributed by atoms with E-state index in [2.05, 4.69) is 9.71 Å². The van der Waals surface area contributed by atoms with Gasteiger partial charge in [-0.3, -0.25) is 4.79 Å². The van der Waals surface area contributed by atoms with E-state index in [-0.39, 0.29) is 17.3 Å². The normalized spacial score (nSPS) is 16.4. The van der Waals surface area contributed by atoms with Crippen LogP contribution in [-0.4, -0.2) is 49.4 Å². The highest BCUT2D eigenvalue weighted by Crippen LogP contribution is 2.17. The summed E-state index contributed by atoms with van der Waals surface area (Å²) >= 11 is 0. The van der Waals surface area contributed by atoms with Crippen molar-refractivity contribution >= 4 is 15.9 Å². The molecule has 118 valence electrons. The highest BCUT2D eigenvalue weighted by Gasteiger charge is 2.27. The minimum Gasteiger partial charge on any atom is -0.356 e. The van der Waals surface area contributed by atoms with Crippen molar-refractivity contribution in [3.63, 3.8) is 0 Å². The highest BCUT2D eigenvalue weighted by atomic mass is 32.2. The zero-order chi connectivity index (χ0) is 15.7. The molecule has 0 radical (unpaired) electrons. The van der Waals surface area contributed by atoms with E-state index in [0.717, 1.165) is 25.9 Å². The van der Waals surface area contributed by atoms with E-state index in [4.69, 9.17) is 5.73 Å². The molecule has 7 nitrogen and oxygen atoms in total. The van der Waals surface area contributed by atoms with Gasteiger partial charge in [-0.15, -0.1) is 0 Å². The number of sulfonamides is 1.